The van der Waals surface area contributed by atoms with Crippen molar-refractivity contribution in [2.45, 2.75) is 78.3 Å². The van der Waals surface area contributed by atoms with Crippen molar-refractivity contribution in [2.75, 3.05) is 86.8 Å². The zero-order chi connectivity index (χ0) is 67.7. The van der Waals surface area contributed by atoms with Gasteiger partial charge in [-0.05, 0) is 40.5 Å². The first kappa shape index (κ1) is 29.5. The lowest BCUT2D eigenvalue weighted by molar-refractivity contribution is -0.132. The molecule has 5 N–H and O–H groups in total. The Bertz CT molecular complexity index is 2610. The summed E-state index contributed by atoms with van der Waals surface area (Å²) < 4.78 is 227. The molecule has 0 aliphatic carbocycles. The first-order valence-electron chi connectivity index (χ1n) is 31.8. The first-order chi connectivity index (χ1) is 40.9. The Kier molecular flexibility index (Phi) is 13.2. The molecule has 3 rings (SSSR count). The highest BCUT2D eigenvalue weighted by Gasteiger charge is 2.37. The molecule has 0 aliphatic rings. The molecule has 4 amide bonds. The van der Waals surface area contributed by atoms with E-state index in [9.17, 15) is 27.0 Å². The van der Waals surface area contributed by atoms with Crippen LogP contribution in [-0.2, 0) is 55.7 Å². The Morgan fingerprint density at radius 2 is 1.24 bits per heavy atom. The van der Waals surface area contributed by atoms with Crippen molar-refractivity contribution in [3.63, 3.8) is 0 Å². The lowest BCUT2D eigenvalue weighted by Gasteiger charge is -2.35. The van der Waals surface area contributed by atoms with Crippen LogP contribution in [-0.4, -0.2) is 150 Å². The van der Waals surface area contributed by atoms with Crippen LogP contribution in [0, 0.1) is 10.8 Å². The van der Waals surface area contributed by atoms with Gasteiger partial charge in [0.2, 0.25) is 5.91 Å². The number of amides is 4. The van der Waals surface area contributed by atoms with Gasteiger partial charge in [-0.2, -0.15) is 0 Å². The minimum absolute atomic E-state index is 0.0220. The third-order valence-corrected chi connectivity index (χ3v) is 8.83. The maximum atomic E-state index is 15.0. The Balaban J connectivity index is 2.22. The number of hydrogen-bond donors (Lipinski definition) is 5. The van der Waals surface area contributed by atoms with Crippen LogP contribution in [0.1, 0.15) is 83.8 Å². The van der Waals surface area contributed by atoms with Gasteiger partial charge in [0.15, 0.2) is 0 Å². The van der Waals surface area contributed by atoms with Crippen molar-refractivity contribution >= 4 is 24.0 Å². The molecule has 1 heterocycles. The molecule has 2 aromatic carbocycles. The summed E-state index contributed by atoms with van der Waals surface area (Å²) in [7, 11) is -2.18. The lowest BCUT2D eigenvalue weighted by atomic mass is 9.85. The second-order valence-electron chi connectivity index (χ2n) is 14.1. The number of benzene rings is 2. The lowest BCUT2D eigenvalue weighted by Crippen LogP contribution is -2.61. The van der Waals surface area contributed by atoms with Crippen molar-refractivity contribution in [1.82, 2.24) is 31.4 Å². The normalized spacial score (nSPS) is 20.3. The molecule has 18 nitrogen and oxygen atoms in total. The van der Waals surface area contributed by atoms with Crippen LogP contribution in [0.4, 0.5) is 9.59 Å². The van der Waals surface area contributed by atoms with E-state index in [0.717, 1.165) is 12.1 Å². The Morgan fingerprint density at radius 3 is 1.80 bits per heavy atom. The van der Waals surface area contributed by atoms with E-state index in [1.54, 1.807) is 23.5 Å². The number of aromatic nitrogens is 1. The predicted octanol–water partition coefficient (Wildman–Crippen LogP) is 4.29. The monoisotopic (exact) mass is 948 g/mol. The van der Waals surface area contributed by atoms with Gasteiger partial charge >= 0.3 is 12.2 Å². The molecular formula is C48H72N6O12. The molecule has 3 aromatic rings. The van der Waals surface area contributed by atoms with Gasteiger partial charge in [-0.15, -0.1) is 0 Å². The van der Waals surface area contributed by atoms with E-state index >= 15 is 0 Å². The number of aliphatic hydroxyl groups is 1. The van der Waals surface area contributed by atoms with Crippen LogP contribution in [0.15, 0.2) is 79.0 Å². The van der Waals surface area contributed by atoms with E-state index in [0.29, 0.717) is 31.1 Å². The van der Waals surface area contributed by atoms with Gasteiger partial charge in [0.1, 0.15) is 18.7 Å². The molecular weight excluding hydrogens is 853 g/mol. The number of hydrogen-bond acceptors (Lipinski definition) is 14. The van der Waals surface area contributed by atoms with Gasteiger partial charge in [-0.3, -0.25) is 20.0 Å². The highest BCUT2D eigenvalue weighted by Crippen LogP contribution is 2.23. The van der Waals surface area contributed by atoms with Crippen LogP contribution >= 0.6 is 0 Å². The van der Waals surface area contributed by atoms with E-state index in [4.69, 9.17) is 57.2 Å². The molecule has 0 bridgehead atoms. The van der Waals surface area contributed by atoms with Gasteiger partial charge in [0.25, 0.3) is 5.91 Å². The van der Waals surface area contributed by atoms with Gasteiger partial charge in [-0.25, -0.2) is 14.6 Å². The summed E-state index contributed by atoms with van der Waals surface area (Å²) in [5.41, 5.74) is -6.45. The summed E-state index contributed by atoms with van der Waals surface area (Å²) in [5, 5.41) is 17.9. The zero-order valence-corrected chi connectivity index (χ0v) is 36.1. The van der Waals surface area contributed by atoms with E-state index in [1.807, 2.05) is 5.43 Å². The van der Waals surface area contributed by atoms with Gasteiger partial charge in [0.05, 0.1) is 91.2 Å². The van der Waals surface area contributed by atoms with Crippen LogP contribution in [0.2, 0.25) is 0 Å². The predicted molar refractivity (Wildman–Crippen MR) is 248 cm³/mol. The molecule has 0 spiro atoms. The largest absolute Gasteiger partial charge is 0.453 e. The molecule has 0 saturated carbocycles. The molecule has 0 unspecified atom stereocenters. The second-order valence-corrected chi connectivity index (χ2v) is 14.1. The summed E-state index contributed by atoms with van der Waals surface area (Å²) in [6, 6.07) is 8.06. The van der Waals surface area contributed by atoms with E-state index in [-0.39, 0.29) is 50.2 Å². The molecule has 0 radical (unpaired) electrons. The van der Waals surface area contributed by atoms with E-state index in [1.165, 1.54) is 61.1 Å². The second kappa shape index (κ2) is 29.4. The first-order valence-corrected chi connectivity index (χ1v) is 20.3. The molecule has 4 atom stereocenters. The van der Waals surface area contributed by atoms with E-state index in [2.05, 4.69) is 15.0 Å². The average molecular weight is 948 g/mol. The minimum Gasteiger partial charge on any atom is -0.453 e. The summed E-state index contributed by atoms with van der Waals surface area (Å²) in [6.45, 7) is -29.9. The quantitative estimate of drug-likeness (QED) is 0.0485. The highest BCUT2D eigenvalue weighted by atomic mass is 16.6. The fraction of sp³-hybridized carbons (Fsp3) is 0.562. The SMILES string of the molecule is [2H]C([2H])([2H])OC(=O)N[C@H](C(=O)NN(C[C@H](O)[C@H](Cc1ccccc1)NC(=O)[C@@H](NC(=O)OCCOCCOCCOCCOCCOC)C(C([2H])([2H])[2H])(C([2H])([2H])[2H])C([2H])([2H])[2H])C([2H])([2H])c1ccc(-c2ccccn2)cc1)C(C([2H])([2H])[2H])(C([2H])([2H])[2H])C([2H])([2H])[2H]. The maximum Gasteiger partial charge on any atom is 0.407 e. The van der Waals surface area contributed by atoms with Crippen LogP contribution in [0.25, 0.3) is 11.3 Å². The van der Waals surface area contributed by atoms with Crippen molar-refractivity contribution in [3.8, 4) is 11.3 Å². The van der Waals surface area contributed by atoms with Crippen molar-refractivity contribution in [2.24, 2.45) is 10.8 Å². The molecule has 66 heavy (non-hydrogen) atoms. The number of carbonyl (C=O) groups excluding carboxylic acids is 4. The molecule has 18 heteroatoms. The number of methoxy groups -OCH3 is 2. The zero-order valence-electron chi connectivity index (χ0n) is 59.1. The molecule has 1 aromatic heterocycles. The third kappa shape index (κ3) is 21.4. The number of rotatable bonds is 29. The van der Waals surface area contributed by atoms with Gasteiger partial charge in [-0.1, -0.05) is 102 Å². The van der Waals surface area contributed by atoms with Crippen molar-refractivity contribution in [3.05, 3.63) is 90.1 Å². The number of nitrogens with zero attached hydrogens (tertiary/aromatic N) is 2. The van der Waals surface area contributed by atoms with Crippen LogP contribution in [0.3, 0.4) is 0 Å². The highest BCUT2D eigenvalue weighted by molar-refractivity contribution is 5.87. The Morgan fingerprint density at radius 1 is 0.682 bits per heavy atom. The van der Waals surface area contributed by atoms with Crippen molar-refractivity contribution in [1.29, 1.82) is 0 Å². The van der Waals surface area contributed by atoms with E-state index < -0.39 is 139 Å². The van der Waals surface area contributed by atoms with Gasteiger partial charge < -0.3 is 54.2 Å². The summed E-state index contributed by atoms with van der Waals surface area (Å²) >= 11 is 0. The van der Waals surface area contributed by atoms with Gasteiger partial charge in [0, 0.05) is 56.6 Å². The smallest absolute Gasteiger partial charge is 0.407 e. The molecule has 0 fully saturated rings. The fourth-order valence-corrected chi connectivity index (χ4v) is 5.60. The van der Waals surface area contributed by atoms with Crippen LogP contribution < -0.4 is 21.4 Å². The average Bonchev–Trinajstić information content (AvgIpc) is 0.719. The number of hydrazine groups is 1. The standard InChI is InChI=1S/C48H72N6O12/c1-47(2,3)41(52-46(59)66-31-30-65-29-28-64-27-26-63-25-24-62-23-22-60-7)43(56)50-39(32-35-14-10-9-11-15-35)40(55)34-54(53-44(57)42(48(4,5)6)51-45(58)61-8)33-36-17-19-37(20-18-36)38-16-12-13-21-49-38/h9-21,39-42,55H,22-34H2,1-8H3,(H,50,56)(H,51,58)(H,52,59)(H,53,57)/t39-,40-,41+,42+/m0/s1/i1D3,2D3,3D3,4D3,5D3,6D3,8D3,33D2. The third-order valence-electron chi connectivity index (χ3n) is 8.83. The molecule has 0 saturated heterocycles. The number of aliphatic hydroxyl groups excluding tert-OH is 1. The van der Waals surface area contributed by atoms with Crippen LogP contribution in [0.5, 0.6) is 0 Å². The Hall–Kier alpha value is -5.21. The topological polar surface area (TPSA) is 217 Å². The number of nitrogens with one attached hydrogen (secondary N) is 4. The molecule has 366 valence electrons. The number of pyridine rings is 1. The Labute approximate surface area is 422 Å². The summed E-state index contributed by atoms with van der Waals surface area (Å²) in [5.74, 6) is -4.17. The minimum atomic E-state index is -4.43. The number of alkyl carbamates (subject to hydrolysis) is 2. The fourth-order valence-electron chi connectivity index (χ4n) is 5.60. The molecule has 0 aliphatic heterocycles. The summed E-state index contributed by atoms with van der Waals surface area (Å²) in [4.78, 5) is 60.9. The number of ether oxygens (including phenoxy) is 7. The van der Waals surface area contributed by atoms with Crippen molar-refractivity contribution < 1.29 is 89.0 Å². The maximum absolute atomic E-state index is 15.0. The summed E-state index contributed by atoms with van der Waals surface area (Å²) in [6.07, 6.45) is -5.75. The number of carbonyl (C=O) groups is 4.